The normalized spacial score (nSPS) is 16.1. The van der Waals surface area contributed by atoms with Crippen molar-refractivity contribution in [2.45, 2.75) is 33.2 Å². The second kappa shape index (κ2) is 6.20. The molecule has 132 valence electrons. The smallest absolute Gasteiger partial charge is 0.261 e. The Morgan fingerprint density at radius 3 is 2.77 bits per heavy atom. The van der Waals surface area contributed by atoms with Crippen LogP contribution in [0.2, 0.25) is 0 Å². The van der Waals surface area contributed by atoms with E-state index in [1.807, 2.05) is 28.8 Å². The molecule has 26 heavy (non-hydrogen) atoms. The minimum absolute atomic E-state index is 0.0325. The summed E-state index contributed by atoms with van der Waals surface area (Å²) in [5.41, 5.74) is 2.33. The molecule has 3 aromatic rings. The van der Waals surface area contributed by atoms with Crippen LogP contribution in [-0.4, -0.2) is 9.55 Å². The van der Waals surface area contributed by atoms with E-state index in [4.69, 9.17) is 4.98 Å². The summed E-state index contributed by atoms with van der Waals surface area (Å²) in [4.78, 5) is 17.5. The molecule has 3 nitrogen and oxygen atoms in total. The van der Waals surface area contributed by atoms with Gasteiger partial charge >= 0.3 is 0 Å². The number of benzene rings is 2. The van der Waals surface area contributed by atoms with E-state index in [1.54, 1.807) is 24.3 Å². The molecule has 0 saturated heterocycles. The average molecular weight is 348 g/mol. The molecule has 0 saturated carbocycles. The third kappa shape index (κ3) is 3.07. The number of halogens is 1. The van der Waals surface area contributed by atoms with Gasteiger partial charge in [0.15, 0.2) is 0 Å². The monoisotopic (exact) mass is 348 g/mol. The molecule has 2 heterocycles. The van der Waals surface area contributed by atoms with Crippen LogP contribution < -0.4 is 5.56 Å². The minimum Gasteiger partial charge on any atom is -0.296 e. The first kappa shape index (κ1) is 16.7. The van der Waals surface area contributed by atoms with Crippen LogP contribution in [0, 0.1) is 11.2 Å². The van der Waals surface area contributed by atoms with Crippen LogP contribution in [-0.2, 0) is 13.0 Å². The van der Waals surface area contributed by atoms with Gasteiger partial charge in [-0.15, -0.1) is 0 Å². The molecule has 0 atom stereocenters. The Hall–Kier alpha value is -2.75. The Morgan fingerprint density at radius 2 is 1.96 bits per heavy atom. The number of nitrogens with zero attached hydrogens (tertiary/aromatic N) is 2. The molecule has 1 aliphatic rings. The van der Waals surface area contributed by atoms with Crippen LogP contribution >= 0.6 is 0 Å². The highest BCUT2D eigenvalue weighted by molar-refractivity contribution is 5.82. The minimum atomic E-state index is -0.253. The van der Waals surface area contributed by atoms with Crippen LogP contribution in [0.25, 0.3) is 23.1 Å². The molecule has 2 aromatic carbocycles. The molecular formula is C22H21FN2O. The Kier molecular flexibility index (Phi) is 3.98. The highest BCUT2D eigenvalue weighted by Gasteiger charge is 2.27. The van der Waals surface area contributed by atoms with Gasteiger partial charge in [0, 0.05) is 18.5 Å². The molecule has 4 rings (SSSR count). The van der Waals surface area contributed by atoms with Crippen LogP contribution in [0.4, 0.5) is 4.39 Å². The largest absolute Gasteiger partial charge is 0.296 e. The Balaban J connectivity index is 1.76. The van der Waals surface area contributed by atoms with Gasteiger partial charge in [0.1, 0.15) is 11.6 Å². The van der Waals surface area contributed by atoms with Crippen LogP contribution in [0.3, 0.4) is 0 Å². The molecule has 1 aromatic heterocycles. The highest BCUT2D eigenvalue weighted by atomic mass is 19.1. The van der Waals surface area contributed by atoms with Crippen molar-refractivity contribution in [3.8, 4) is 0 Å². The zero-order valence-corrected chi connectivity index (χ0v) is 15.0. The van der Waals surface area contributed by atoms with Crippen molar-refractivity contribution in [2.75, 3.05) is 0 Å². The van der Waals surface area contributed by atoms with Crippen molar-refractivity contribution in [1.82, 2.24) is 9.55 Å². The SMILES string of the molecule is CC1(C)CCn2c(nc3cc(/C=C/c4ccccc4F)ccc3c2=O)C1. The van der Waals surface area contributed by atoms with E-state index < -0.39 is 0 Å². The lowest BCUT2D eigenvalue weighted by molar-refractivity contribution is 0.261. The first-order valence-corrected chi connectivity index (χ1v) is 8.89. The summed E-state index contributed by atoms with van der Waals surface area (Å²) in [6.07, 6.45) is 5.37. The van der Waals surface area contributed by atoms with Gasteiger partial charge in [-0.25, -0.2) is 9.37 Å². The summed E-state index contributed by atoms with van der Waals surface area (Å²) in [5.74, 6) is 0.603. The van der Waals surface area contributed by atoms with Gasteiger partial charge in [-0.05, 0) is 35.6 Å². The summed E-state index contributed by atoms with van der Waals surface area (Å²) in [7, 11) is 0. The molecule has 0 aliphatic carbocycles. The first-order chi connectivity index (χ1) is 12.4. The van der Waals surface area contributed by atoms with Gasteiger partial charge in [0.05, 0.1) is 10.9 Å². The number of hydrogen-bond donors (Lipinski definition) is 0. The summed E-state index contributed by atoms with van der Waals surface area (Å²) in [6.45, 7) is 5.14. The molecular weight excluding hydrogens is 327 g/mol. The van der Waals surface area contributed by atoms with E-state index in [2.05, 4.69) is 13.8 Å². The number of hydrogen-bond acceptors (Lipinski definition) is 2. The van der Waals surface area contributed by atoms with Crippen molar-refractivity contribution >= 4 is 23.1 Å². The number of rotatable bonds is 2. The maximum atomic E-state index is 13.8. The molecule has 0 unspecified atom stereocenters. The van der Waals surface area contributed by atoms with E-state index >= 15 is 0 Å². The van der Waals surface area contributed by atoms with E-state index in [0.717, 1.165) is 30.8 Å². The van der Waals surface area contributed by atoms with E-state index in [1.165, 1.54) is 6.07 Å². The van der Waals surface area contributed by atoms with Gasteiger partial charge in [-0.3, -0.25) is 9.36 Å². The lowest BCUT2D eigenvalue weighted by atomic mass is 9.83. The summed E-state index contributed by atoms with van der Waals surface area (Å²) in [5, 5.41) is 0.636. The fourth-order valence-electron chi connectivity index (χ4n) is 3.48. The van der Waals surface area contributed by atoms with Crippen molar-refractivity contribution < 1.29 is 4.39 Å². The van der Waals surface area contributed by atoms with Gasteiger partial charge in [-0.2, -0.15) is 0 Å². The van der Waals surface area contributed by atoms with Gasteiger partial charge in [0.2, 0.25) is 0 Å². The lowest BCUT2D eigenvalue weighted by Crippen LogP contribution is -2.35. The zero-order valence-electron chi connectivity index (χ0n) is 15.0. The second-order valence-electron chi connectivity index (χ2n) is 7.71. The number of fused-ring (bicyclic) bond motifs is 2. The summed E-state index contributed by atoms with van der Waals surface area (Å²) in [6, 6.07) is 12.2. The molecule has 0 fully saturated rings. The predicted octanol–water partition coefficient (Wildman–Crippen LogP) is 4.68. The molecule has 1 aliphatic heterocycles. The maximum Gasteiger partial charge on any atom is 0.261 e. The van der Waals surface area contributed by atoms with Gasteiger partial charge in [-0.1, -0.05) is 50.3 Å². The lowest BCUT2D eigenvalue weighted by Gasteiger charge is -2.31. The molecule has 0 radical (unpaired) electrons. The second-order valence-corrected chi connectivity index (χ2v) is 7.71. The van der Waals surface area contributed by atoms with Crippen LogP contribution in [0.1, 0.15) is 37.2 Å². The van der Waals surface area contributed by atoms with E-state index in [0.29, 0.717) is 16.5 Å². The van der Waals surface area contributed by atoms with Crippen molar-refractivity contribution in [1.29, 1.82) is 0 Å². The molecule has 0 amide bonds. The summed E-state index contributed by atoms with van der Waals surface area (Å²) < 4.78 is 15.6. The first-order valence-electron chi connectivity index (χ1n) is 8.89. The van der Waals surface area contributed by atoms with Crippen molar-refractivity contribution in [3.05, 3.63) is 75.6 Å². The average Bonchev–Trinajstić information content (AvgIpc) is 2.60. The third-order valence-corrected chi connectivity index (χ3v) is 5.07. The standard InChI is InChI=1S/C22H21FN2O/c1-22(2)11-12-25-20(14-22)24-19-13-15(8-10-17(19)21(25)26)7-9-16-5-3-4-6-18(16)23/h3-10,13H,11-12,14H2,1-2H3/b9-7+. The van der Waals surface area contributed by atoms with E-state index in [9.17, 15) is 9.18 Å². The molecule has 0 bridgehead atoms. The van der Waals surface area contributed by atoms with Crippen LogP contribution in [0.5, 0.6) is 0 Å². The molecule has 0 spiro atoms. The maximum absolute atomic E-state index is 13.8. The Bertz CT molecular complexity index is 1080. The topological polar surface area (TPSA) is 34.9 Å². The fraction of sp³-hybridized carbons (Fsp3) is 0.273. The highest BCUT2D eigenvalue weighted by Crippen LogP contribution is 2.30. The zero-order chi connectivity index (χ0) is 18.3. The van der Waals surface area contributed by atoms with Gasteiger partial charge in [0.25, 0.3) is 5.56 Å². The fourth-order valence-corrected chi connectivity index (χ4v) is 3.48. The Morgan fingerprint density at radius 1 is 1.15 bits per heavy atom. The Labute approximate surface area is 151 Å². The van der Waals surface area contributed by atoms with Gasteiger partial charge < -0.3 is 0 Å². The van der Waals surface area contributed by atoms with Crippen LogP contribution in [0.15, 0.2) is 47.3 Å². The number of aromatic nitrogens is 2. The van der Waals surface area contributed by atoms with E-state index in [-0.39, 0.29) is 16.8 Å². The third-order valence-electron chi connectivity index (χ3n) is 5.07. The van der Waals surface area contributed by atoms with Crippen molar-refractivity contribution in [2.24, 2.45) is 5.41 Å². The molecule has 0 N–H and O–H groups in total. The summed E-state index contributed by atoms with van der Waals surface area (Å²) >= 11 is 0. The molecule has 4 heteroatoms. The predicted molar refractivity (Wildman–Crippen MR) is 103 cm³/mol. The quantitative estimate of drug-likeness (QED) is 0.630. The van der Waals surface area contributed by atoms with Crippen molar-refractivity contribution in [3.63, 3.8) is 0 Å².